The summed E-state index contributed by atoms with van der Waals surface area (Å²) >= 11 is 1.60. The fourth-order valence-corrected chi connectivity index (χ4v) is 7.02. The van der Waals surface area contributed by atoms with Gasteiger partial charge in [0.2, 0.25) is 10.0 Å². The Morgan fingerprint density at radius 1 is 0.941 bits per heavy atom. The second kappa shape index (κ2) is 10.7. The first-order valence-electron chi connectivity index (χ1n) is 12.0. The average Bonchev–Trinajstić information content (AvgIpc) is 3.19. The third-order valence-corrected chi connectivity index (χ3v) is 9.40. The van der Waals surface area contributed by atoms with Gasteiger partial charge in [0, 0.05) is 43.7 Å². The second-order valence-corrected chi connectivity index (χ2v) is 11.8. The van der Waals surface area contributed by atoms with E-state index in [1.807, 2.05) is 23.6 Å². The van der Waals surface area contributed by atoms with Gasteiger partial charge in [0.15, 0.2) is 0 Å². The summed E-state index contributed by atoms with van der Waals surface area (Å²) in [5.74, 6) is 0. The van der Waals surface area contributed by atoms with Gasteiger partial charge in [-0.1, -0.05) is 55.3 Å². The van der Waals surface area contributed by atoms with Gasteiger partial charge in [-0.15, -0.1) is 11.3 Å². The predicted molar refractivity (Wildman–Crippen MR) is 135 cm³/mol. The molecule has 2 aliphatic heterocycles. The van der Waals surface area contributed by atoms with Crippen molar-refractivity contribution in [3.05, 3.63) is 70.5 Å². The monoisotopic (exact) mass is 497 g/mol. The van der Waals surface area contributed by atoms with Gasteiger partial charge in [-0.2, -0.15) is 4.31 Å². The normalized spacial score (nSPS) is 20.8. The SMILES string of the molecule is O=S(=O)(c1ccc(-c2csc(C3CN(Cc4ccccc4)CCO3)n2)cc1)N1CCCCCC1. The first kappa shape index (κ1) is 23.6. The van der Waals surface area contributed by atoms with E-state index in [4.69, 9.17) is 9.72 Å². The van der Waals surface area contributed by atoms with Crippen molar-refractivity contribution in [3.63, 3.8) is 0 Å². The Morgan fingerprint density at radius 3 is 2.41 bits per heavy atom. The van der Waals surface area contributed by atoms with Crippen molar-refractivity contribution >= 4 is 21.4 Å². The number of thiazole rings is 1. The van der Waals surface area contributed by atoms with Crippen molar-refractivity contribution in [3.8, 4) is 11.3 Å². The lowest BCUT2D eigenvalue weighted by atomic mass is 10.2. The highest BCUT2D eigenvalue weighted by Gasteiger charge is 2.26. The topological polar surface area (TPSA) is 62.7 Å². The summed E-state index contributed by atoms with van der Waals surface area (Å²) in [5.41, 5.74) is 3.09. The van der Waals surface area contributed by atoms with E-state index in [-0.39, 0.29) is 6.10 Å². The van der Waals surface area contributed by atoms with E-state index in [1.165, 1.54) is 5.56 Å². The number of sulfonamides is 1. The van der Waals surface area contributed by atoms with Crippen LogP contribution in [-0.2, 0) is 21.3 Å². The van der Waals surface area contributed by atoms with Crippen molar-refractivity contribution in [1.29, 1.82) is 0 Å². The van der Waals surface area contributed by atoms with Crippen LogP contribution in [0.25, 0.3) is 11.3 Å². The van der Waals surface area contributed by atoms with Crippen LogP contribution in [0.1, 0.15) is 42.4 Å². The molecule has 0 saturated carbocycles. The van der Waals surface area contributed by atoms with E-state index in [0.717, 1.165) is 61.6 Å². The number of hydrogen-bond acceptors (Lipinski definition) is 6. The van der Waals surface area contributed by atoms with Gasteiger partial charge in [0.25, 0.3) is 0 Å². The molecule has 6 nitrogen and oxygen atoms in total. The molecule has 34 heavy (non-hydrogen) atoms. The Kier molecular flexibility index (Phi) is 7.41. The molecule has 2 aliphatic rings. The number of ether oxygens (including phenoxy) is 1. The molecular formula is C26H31N3O3S2. The summed E-state index contributed by atoms with van der Waals surface area (Å²) in [6, 6.07) is 17.7. The van der Waals surface area contributed by atoms with E-state index in [9.17, 15) is 8.42 Å². The van der Waals surface area contributed by atoms with Crippen LogP contribution in [0.2, 0.25) is 0 Å². The van der Waals surface area contributed by atoms with E-state index < -0.39 is 10.0 Å². The van der Waals surface area contributed by atoms with Gasteiger partial charge >= 0.3 is 0 Å². The van der Waals surface area contributed by atoms with Gasteiger partial charge in [-0.3, -0.25) is 4.90 Å². The molecule has 5 rings (SSSR count). The maximum absolute atomic E-state index is 13.1. The Hall–Kier alpha value is -2.10. The van der Waals surface area contributed by atoms with E-state index in [1.54, 1.807) is 27.8 Å². The Bertz CT molecular complexity index is 1170. The first-order valence-corrected chi connectivity index (χ1v) is 14.4. The fraction of sp³-hybridized carbons (Fsp3) is 0.423. The molecule has 2 fully saturated rings. The standard InChI is InChI=1S/C26H31N3O3S2/c30-34(31,29-14-6-1-2-7-15-29)23-12-10-22(11-13-23)24-20-33-26(27-24)25-19-28(16-17-32-25)18-21-8-4-3-5-9-21/h3-5,8-13,20,25H,1-2,6-7,14-19H2. The highest BCUT2D eigenvalue weighted by Crippen LogP contribution is 2.31. The van der Waals surface area contributed by atoms with E-state index in [0.29, 0.717) is 24.6 Å². The number of aromatic nitrogens is 1. The highest BCUT2D eigenvalue weighted by molar-refractivity contribution is 7.89. The smallest absolute Gasteiger partial charge is 0.243 e. The zero-order chi connectivity index (χ0) is 23.4. The molecule has 0 spiro atoms. The minimum absolute atomic E-state index is 0.0427. The summed E-state index contributed by atoms with van der Waals surface area (Å²) in [5, 5.41) is 3.00. The van der Waals surface area contributed by atoms with E-state index >= 15 is 0 Å². The number of benzene rings is 2. The largest absolute Gasteiger partial charge is 0.368 e. The van der Waals surface area contributed by atoms with Crippen molar-refractivity contribution < 1.29 is 13.2 Å². The minimum atomic E-state index is -3.44. The van der Waals surface area contributed by atoms with Crippen LogP contribution in [0.3, 0.4) is 0 Å². The molecule has 0 bridgehead atoms. The predicted octanol–water partition coefficient (Wildman–Crippen LogP) is 4.95. The molecular weight excluding hydrogens is 466 g/mol. The van der Waals surface area contributed by atoms with E-state index in [2.05, 4.69) is 29.2 Å². The van der Waals surface area contributed by atoms with Crippen molar-refractivity contribution in [2.45, 2.75) is 43.2 Å². The van der Waals surface area contributed by atoms with Crippen molar-refractivity contribution in [2.24, 2.45) is 0 Å². The molecule has 3 aromatic rings. The Morgan fingerprint density at radius 2 is 1.68 bits per heavy atom. The summed E-state index contributed by atoms with van der Waals surface area (Å²) in [4.78, 5) is 7.62. The van der Waals surface area contributed by atoms with Gasteiger partial charge < -0.3 is 4.74 Å². The molecule has 2 aromatic carbocycles. The van der Waals surface area contributed by atoms with Gasteiger partial charge in [0.05, 0.1) is 17.2 Å². The minimum Gasteiger partial charge on any atom is -0.368 e. The average molecular weight is 498 g/mol. The molecule has 0 radical (unpaired) electrons. The number of morpholine rings is 1. The molecule has 2 saturated heterocycles. The fourth-order valence-electron chi connectivity index (χ4n) is 4.63. The first-order chi connectivity index (χ1) is 16.6. The lowest BCUT2D eigenvalue weighted by Gasteiger charge is -2.32. The van der Waals surface area contributed by atoms with Crippen LogP contribution < -0.4 is 0 Å². The molecule has 1 aromatic heterocycles. The van der Waals surface area contributed by atoms with Crippen LogP contribution in [-0.4, -0.2) is 55.4 Å². The second-order valence-electron chi connectivity index (χ2n) is 8.99. The Labute approximate surface area is 206 Å². The molecule has 0 aliphatic carbocycles. The zero-order valence-corrected chi connectivity index (χ0v) is 20.9. The molecule has 8 heteroatoms. The third-order valence-electron chi connectivity index (χ3n) is 6.55. The molecule has 0 amide bonds. The molecule has 1 unspecified atom stereocenters. The molecule has 3 heterocycles. The molecule has 180 valence electrons. The number of rotatable bonds is 6. The van der Waals surface area contributed by atoms with Gasteiger partial charge in [0.1, 0.15) is 11.1 Å². The van der Waals surface area contributed by atoms with Crippen LogP contribution in [0.5, 0.6) is 0 Å². The van der Waals surface area contributed by atoms with Crippen molar-refractivity contribution in [1.82, 2.24) is 14.2 Å². The van der Waals surface area contributed by atoms with Gasteiger partial charge in [-0.25, -0.2) is 13.4 Å². The Balaban J connectivity index is 1.26. The zero-order valence-electron chi connectivity index (χ0n) is 19.3. The third kappa shape index (κ3) is 5.42. The summed E-state index contributed by atoms with van der Waals surface area (Å²) in [7, 11) is -3.44. The summed E-state index contributed by atoms with van der Waals surface area (Å²) in [6.07, 6.45) is 4.03. The van der Waals surface area contributed by atoms with Crippen LogP contribution in [0.15, 0.2) is 64.9 Å². The van der Waals surface area contributed by atoms with Crippen LogP contribution in [0, 0.1) is 0 Å². The van der Waals surface area contributed by atoms with Crippen LogP contribution in [0.4, 0.5) is 0 Å². The van der Waals surface area contributed by atoms with Crippen molar-refractivity contribution in [2.75, 3.05) is 32.8 Å². The quantitative estimate of drug-likeness (QED) is 0.482. The van der Waals surface area contributed by atoms with Crippen LogP contribution >= 0.6 is 11.3 Å². The lowest BCUT2D eigenvalue weighted by Crippen LogP contribution is -2.37. The summed E-state index contributed by atoms with van der Waals surface area (Å²) in [6.45, 7) is 4.55. The maximum Gasteiger partial charge on any atom is 0.243 e. The molecule has 0 N–H and O–H groups in total. The lowest BCUT2D eigenvalue weighted by molar-refractivity contribution is -0.0329. The number of hydrogen-bond donors (Lipinski definition) is 0. The maximum atomic E-state index is 13.1. The number of nitrogens with zero attached hydrogens (tertiary/aromatic N) is 3. The molecule has 1 atom stereocenters. The van der Waals surface area contributed by atoms with Gasteiger partial charge in [-0.05, 0) is 30.5 Å². The highest BCUT2D eigenvalue weighted by atomic mass is 32.2. The summed E-state index contributed by atoms with van der Waals surface area (Å²) < 4.78 is 33.8.